The van der Waals surface area contributed by atoms with E-state index in [9.17, 15) is 5.11 Å². The molecule has 1 aliphatic heterocycles. The Hall–Kier alpha value is -1.06. The third kappa shape index (κ3) is 1.17. The number of rotatable bonds is 0. The monoisotopic (exact) mass is 182 g/mol. The molecule has 0 bridgehead atoms. The minimum absolute atomic E-state index is 0.393. The lowest BCUT2D eigenvalue weighted by atomic mass is 10.1. The molecule has 0 radical (unpaired) electrons. The Morgan fingerprint density at radius 3 is 3.25 bits per heavy atom. The zero-order chi connectivity index (χ0) is 8.55. The van der Waals surface area contributed by atoms with Crippen LogP contribution >= 0.6 is 11.6 Å². The van der Waals surface area contributed by atoms with E-state index in [1.165, 1.54) is 0 Å². The Morgan fingerprint density at radius 2 is 2.42 bits per heavy atom. The van der Waals surface area contributed by atoms with Gasteiger partial charge in [-0.05, 0) is 18.3 Å². The van der Waals surface area contributed by atoms with Gasteiger partial charge in [-0.15, -0.1) is 0 Å². The lowest BCUT2D eigenvalue weighted by Gasteiger charge is -2.17. The Labute approximate surface area is 74.7 Å². The number of pyridine rings is 1. The van der Waals surface area contributed by atoms with Crippen molar-refractivity contribution in [3.8, 4) is 0 Å². The summed E-state index contributed by atoms with van der Waals surface area (Å²) in [6, 6.07) is 1.65. The molecule has 1 atom stereocenters. The summed E-state index contributed by atoms with van der Waals surface area (Å²) in [6.45, 7) is 0. The van der Waals surface area contributed by atoms with Crippen molar-refractivity contribution in [3.63, 3.8) is 0 Å². The smallest absolute Gasteiger partial charge is 0.151 e. The maximum atomic E-state index is 9.44. The Kier molecular flexibility index (Phi) is 1.75. The van der Waals surface area contributed by atoms with Gasteiger partial charge in [-0.25, -0.2) is 4.98 Å². The van der Waals surface area contributed by atoms with Crippen LogP contribution in [0.3, 0.4) is 0 Å². The second-order valence-electron chi connectivity index (χ2n) is 2.54. The minimum atomic E-state index is -0.675. The van der Waals surface area contributed by atoms with Crippen LogP contribution < -0.4 is 5.32 Å². The van der Waals surface area contributed by atoms with E-state index in [2.05, 4.69) is 10.3 Å². The van der Waals surface area contributed by atoms with Gasteiger partial charge in [0.2, 0.25) is 0 Å². The van der Waals surface area contributed by atoms with Crippen LogP contribution in [0.2, 0.25) is 5.15 Å². The summed E-state index contributed by atoms with van der Waals surface area (Å²) in [5.74, 6) is 0. The fourth-order valence-electron chi connectivity index (χ4n) is 1.15. The van der Waals surface area contributed by atoms with Crippen LogP contribution in [-0.2, 0) is 0 Å². The highest BCUT2D eigenvalue weighted by Crippen LogP contribution is 2.22. The Bertz CT molecular complexity index is 338. The summed E-state index contributed by atoms with van der Waals surface area (Å²) in [5.41, 5.74) is 1.66. The average Bonchev–Trinajstić information content (AvgIpc) is 2.07. The van der Waals surface area contributed by atoms with Crippen molar-refractivity contribution in [3.05, 3.63) is 34.7 Å². The molecular formula is C8H7ClN2O. The van der Waals surface area contributed by atoms with E-state index in [-0.39, 0.29) is 0 Å². The van der Waals surface area contributed by atoms with Crippen molar-refractivity contribution < 1.29 is 5.11 Å². The molecule has 1 aromatic heterocycles. The fourth-order valence-corrected chi connectivity index (χ4v) is 1.32. The highest BCUT2D eigenvalue weighted by Gasteiger charge is 2.13. The molecule has 0 saturated carbocycles. The van der Waals surface area contributed by atoms with Gasteiger partial charge in [0, 0.05) is 17.3 Å². The second-order valence-corrected chi connectivity index (χ2v) is 2.93. The van der Waals surface area contributed by atoms with Gasteiger partial charge in [0.25, 0.3) is 0 Å². The first kappa shape index (κ1) is 7.58. The number of aliphatic hydroxyl groups is 1. The number of nitrogens with zero attached hydrogens (tertiary/aromatic N) is 1. The molecule has 1 aromatic rings. The van der Waals surface area contributed by atoms with Crippen LogP contribution in [0.4, 0.5) is 0 Å². The fraction of sp³-hybridized carbons (Fsp3) is 0.125. The maximum Gasteiger partial charge on any atom is 0.151 e. The first-order valence-electron chi connectivity index (χ1n) is 3.53. The lowest BCUT2D eigenvalue weighted by molar-refractivity contribution is 0.154. The van der Waals surface area contributed by atoms with E-state index in [1.807, 2.05) is 6.08 Å². The van der Waals surface area contributed by atoms with Crippen LogP contribution in [0.25, 0.3) is 6.08 Å². The standard InChI is InChI=1S/C8H7ClN2O/c9-7-3-6-5(4-11-7)1-2-10-8(6)12/h1-4,8,10,12H. The van der Waals surface area contributed by atoms with E-state index >= 15 is 0 Å². The first-order chi connectivity index (χ1) is 5.77. The molecule has 1 unspecified atom stereocenters. The minimum Gasteiger partial charge on any atom is -0.369 e. The summed E-state index contributed by atoms with van der Waals surface area (Å²) < 4.78 is 0. The van der Waals surface area contributed by atoms with Gasteiger partial charge in [-0.2, -0.15) is 0 Å². The number of nitrogens with one attached hydrogen (secondary N) is 1. The lowest BCUT2D eigenvalue weighted by Crippen LogP contribution is -2.18. The Balaban J connectivity index is 2.56. The van der Waals surface area contributed by atoms with Crippen LogP contribution in [-0.4, -0.2) is 10.1 Å². The van der Waals surface area contributed by atoms with Crippen LogP contribution in [0, 0.1) is 0 Å². The molecule has 0 saturated heterocycles. The molecule has 0 fully saturated rings. The average molecular weight is 183 g/mol. The summed E-state index contributed by atoms with van der Waals surface area (Å²) in [6.07, 6.45) is 4.48. The molecule has 2 heterocycles. The van der Waals surface area contributed by atoms with Gasteiger partial charge in [-0.3, -0.25) is 0 Å². The maximum absolute atomic E-state index is 9.44. The van der Waals surface area contributed by atoms with Crippen LogP contribution in [0.15, 0.2) is 18.5 Å². The number of hydrogen-bond acceptors (Lipinski definition) is 3. The SMILES string of the molecule is OC1NC=Cc2cnc(Cl)cc21. The van der Waals surface area contributed by atoms with Crippen molar-refractivity contribution in [1.29, 1.82) is 0 Å². The van der Waals surface area contributed by atoms with E-state index in [4.69, 9.17) is 11.6 Å². The van der Waals surface area contributed by atoms with E-state index < -0.39 is 6.23 Å². The summed E-state index contributed by atoms with van der Waals surface area (Å²) in [5, 5.41) is 12.6. The van der Waals surface area contributed by atoms with E-state index in [0.717, 1.165) is 11.1 Å². The van der Waals surface area contributed by atoms with Crippen molar-refractivity contribution >= 4 is 17.7 Å². The molecular weight excluding hydrogens is 176 g/mol. The van der Waals surface area contributed by atoms with Gasteiger partial charge in [0.15, 0.2) is 6.23 Å². The summed E-state index contributed by atoms with van der Waals surface area (Å²) in [7, 11) is 0. The number of halogens is 1. The zero-order valence-electron chi connectivity index (χ0n) is 6.16. The van der Waals surface area contributed by atoms with Crippen LogP contribution in [0.1, 0.15) is 17.4 Å². The number of hydrogen-bond donors (Lipinski definition) is 2. The predicted octanol–water partition coefficient (Wildman–Crippen LogP) is 1.30. The molecule has 0 aliphatic carbocycles. The van der Waals surface area contributed by atoms with Crippen molar-refractivity contribution in [2.75, 3.05) is 0 Å². The van der Waals surface area contributed by atoms with Gasteiger partial charge >= 0.3 is 0 Å². The summed E-state index contributed by atoms with van der Waals surface area (Å²) in [4.78, 5) is 3.90. The highest BCUT2D eigenvalue weighted by molar-refractivity contribution is 6.29. The molecule has 12 heavy (non-hydrogen) atoms. The summed E-state index contributed by atoms with van der Waals surface area (Å²) >= 11 is 5.67. The molecule has 3 nitrogen and oxygen atoms in total. The quantitative estimate of drug-likeness (QED) is 0.595. The van der Waals surface area contributed by atoms with Gasteiger partial charge in [-0.1, -0.05) is 11.6 Å². The zero-order valence-corrected chi connectivity index (χ0v) is 6.92. The van der Waals surface area contributed by atoms with Crippen molar-refractivity contribution in [2.45, 2.75) is 6.23 Å². The third-order valence-corrected chi connectivity index (χ3v) is 1.95. The van der Waals surface area contributed by atoms with Gasteiger partial charge < -0.3 is 10.4 Å². The largest absolute Gasteiger partial charge is 0.369 e. The predicted molar refractivity (Wildman–Crippen MR) is 46.4 cm³/mol. The van der Waals surface area contributed by atoms with Gasteiger partial charge in [0.05, 0.1) is 0 Å². The number of aromatic nitrogens is 1. The molecule has 4 heteroatoms. The molecule has 0 amide bonds. The molecule has 2 N–H and O–H groups in total. The Morgan fingerprint density at radius 1 is 1.58 bits per heavy atom. The topological polar surface area (TPSA) is 45.1 Å². The highest BCUT2D eigenvalue weighted by atomic mass is 35.5. The third-order valence-electron chi connectivity index (χ3n) is 1.75. The van der Waals surface area contributed by atoms with Crippen molar-refractivity contribution in [2.24, 2.45) is 0 Å². The second kappa shape index (κ2) is 2.77. The van der Waals surface area contributed by atoms with Gasteiger partial charge in [0.1, 0.15) is 5.15 Å². The molecule has 62 valence electrons. The van der Waals surface area contributed by atoms with Crippen LogP contribution in [0.5, 0.6) is 0 Å². The number of fused-ring (bicyclic) bond motifs is 1. The van der Waals surface area contributed by atoms with E-state index in [1.54, 1.807) is 18.5 Å². The molecule has 1 aliphatic rings. The number of aliphatic hydroxyl groups excluding tert-OH is 1. The van der Waals surface area contributed by atoms with Crippen molar-refractivity contribution in [1.82, 2.24) is 10.3 Å². The molecule has 2 rings (SSSR count). The normalized spacial score (nSPS) is 20.0. The first-order valence-corrected chi connectivity index (χ1v) is 3.91. The molecule has 0 spiro atoms. The van der Waals surface area contributed by atoms with E-state index in [0.29, 0.717) is 5.15 Å². The molecule has 0 aromatic carbocycles.